The maximum absolute atomic E-state index is 13.7. The van der Waals surface area contributed by atoms with Gasteiger partial charge in [0, 0.05) is 15.6 Å². The van der Waals surface area contributed by atoms with Crippen LogP contribution in [0.4, 0.5) is 4.39 Å². The fourth-order valence-electron chi connectivity index (χ4n) is 2.07. The molecule has 0 heterocycles. The summed E-state index contributed by atoms with van der Waals surface area (Å²) in [5.41, 5.74) is 2.84. The van der Waals surface area contributed by atoms with Gasteiger partial charge in [-0.2, -0.15) is 0 Å². The van der Waals surface area contributed by atoms with Gasteiger partial charge in [0.15, 0.2) is 0 Å². The Bertz CT molecular complexity index is 630. The number of carbonyl (C=O) groups is 1. The van der Waals surface area contributed by atoms with Crippen LogP contribution in [0.1, 0.15) is 27.0 Å². The molecule has 0 amide bonds. The Balaban J connectivity index is 2.21. The first-order valence-electron chi connectivity index (χ1n) is 6.14. The summed E-state index contributed by atoms with van der Waals surface area (Å²) in [5.74, 6) is 0.386. The first-order chi connectivity index (χ1) is 9.51. The summed E-state index contributed by atoms with van der Waals surface area (Å²) in [4.78, 5) is 10.8. The molecule has 0 aliphatic carbocycles. The number of rotatable bonds is 4. The van der Waals surface area contributed by atoms with E-state index in [4.69, 9.17) is 4.74 Å². The van der Waals surface area contributed by atoms with Crippen LogP contribution in [0.2, 0.25) is 0 Å². The molecular formula is C16H14BrFO2. The fraction of sp³-hybridized carbons (Fsp3) is 0.188. The predicted molar refractivity (Wildman–Crippen MR) is 79.7 cm³/mol. The number of halogens is 2. The summed E-state index contributed by atoms with van der Waals surface area (Å²) < 4.78 is 20.1. The number of aryl methyl sites for hydroxylation is 2. The first kappa shape index (κ1) is 14.7. The molecule has 0 bridgehead atoms. The standard InChI is InChI=1S/C16H14BrFO2/c1-10-5-12(8-19)6-11(2)16(10)20-9-13-3-4-14(17)7-15(13)18/h3-8H,9H2,1-2H3. The van der Waals surface area contributed by atoms with Gasteiger partial charge in [-0.25, -0.2) is 4.39 Å². The molecule has 0 spiro atoms. The number of aldehydes is 1. The molecular weight excluding hydrogens is 323 g/mol. The first-order valence-corrected chi connectivity index (χ1v) is 6.93. The molecule has 104 valence electrons. The van der Waals surface area contributed by atoms with Gasteiger partial charge in [0.1, 0.15) is 24.5 Å². The molecule has 0 unspecified atom stereocenters. The van der Waals surface area contributed by atoms with Crippen LogP contribution < -0.4 is 4.74 Å². The summed E-state index contributed by atoms with van der Waals surface area (Å²) in [7, 11) is 0. The van der Waals surface area contributed by atoms with Crippen LogP contribution >= 0.6 is 15.9 Å². The van der Waals surface area contributed by atoms with Gasteiger partial charge in [0.25, 0.3) is 0 Å². The van der Waals surface area contributed by atoms with E-state index >= 15 is 0 Å². The highest BCUT2D eigenvalue weighted by atomic mass is 79.9. The van der Waals surface area contributed by atoms with Crippen LogP contribution in [0, 0.1) is 19.7 Å². The summed E-state index contributed by atoms with van der Waals surface area (Å²) in [5, 5.41) is 0. The van der Waals surface area contributed by atoms with Crippen molar-refractivity contribution in [3.05, 3.63) is 62.9 Å². The Labute approximate surface area is 125 Å². The van der Waals surface area contributed by atoms with E-state index < -0.39 is 0 Å². The van der Waals surface area contributed by atoms with Gasteiger partial charge in [0.05, 0.1) is 0 Å². The molecule has 2 aromatic rings. The smallest absolute Gasteiger partial charge is 0.150 e. The van der Waals surface area contributed by atoms with Crippen LogP contribution in [0.15, 0.2) is 34.8 Å². The summed E-state index contributed by atoms with van der Waals surface area (Å²) in [6, 6.07) is 8.38. The van der Waals surface area contributed by atoms with Crippen molar-refractivity contribution < 1.29 is 13.9 Å². The van der Waals surface area contributed by atoms with Gasteiger partial charge in [-0.3, -0.25) is 4.79 Å². The minimum Gasteiger partial charge on any atom is -0.488 e. The molecule has 4 heteroatoms. The van der Waals surface area contributed by atoms with Crippen molar-refractivity contribution in [2.75, 3.05) is 0 Å². The van der Waals surface area contributed by atoms with E-state index in [2.05, 4.69) is 15.9 Å². The highest BCUT2D eigenvalue weighted by Crippen LogP contribution is 2.26. The Kier molecular flexibility index (Phi) is 4.55. The van der Waals surface area contributed by atoms with Crippen LogP contribution in [-0.2, 0) is 6.61 Å². The number of ether oxygens (including phenoxy) is 1. The van der Waals surface area contributed by atoms with Crippen LogP contribution in [0.3, 0.4) is 0 Å². The van der Waals surface area contributed by atoms with Gasteiger partial charge in [-0.05, 0) is 49.2 Å². The molecule has 2 rings (SSSR count). The number of hydrogen-bond acceptors (Lipinski definition) is 2. The Morgan fingerprint density at radius 2 is 1.85 bits per heavy atom. The molecule has 0 saturated carbocycles. The van der Waals surface area contributed by atoms with Crippen molar-refractivity contribution in [2.45, 2.75) is 20.5 Å². The van der Waals surface area contributed by atoms with Gasteiger partial charge in [0.2, 0.25) is 0 Å². The van der Waals surface area contributed by atoms with E-state index in [0.717, 1.165) is 17.4 Å². The number of benzene rings is 2. The lowest BCUT2D eigenvalue weighted by atomic mass is 10.1. The highest BCUT2D eigenvalue weighted by Gasteiger charge is 2.09. The lowest BCUT2D eigenvalue weighted by Gasteiger charge is -2.13. The monoisotopic (exact) mass is 336 g/mol. The number of hydrogen-bond donors (Lipinski definition) is 0. The van der Waals surface area contributed by atoms with Crippen LogP contribution in [0.5, 0.6) is 5.75 Å². The second-order valence-electron chi connectivity index (χ2n) is 4.63. The molecule has 2 nitrogen and oxygen atoms in total. The van der Waals surface area contributed by atoms with Crippen molar-refractivity contribution in [1.82, 2.24) is 0 Å². The lowest BCUT2D eigenvalue weighted by molar-refractivity contribution is 0.112. The van der Waals surface area contributed by atoms with Crippen molar-refractivity contribution in [2.24, 2.45) is 0 Å². The van der Waals surface area contributed by atoms with Gasteiger partial charge >= 0.3 is 0 Å². The maximum atomic E-state index is 13.7. The normalized spacial score (nSPS) is 10.4. The topological polar surface area (TPSA) is 26.3 Å². The molecule has 0 aliphatic heterocycles. The van der Waals surface area contributed by atoms with Gasteiger partial charge in [-0.1, -0.05) is 22.0 Å². The van der Waals surface area contributed by atoms with Crippen molar-refractivity contribution >= 4 is 22.2 Å². The Morgan fingerprint density at radius 3 is 2.40 bits per heavy atom. The fourth-order valence-corrected chi connectivity index (χ4v) is 2.40. The van der Waals surface area contributed by atoms with E-state index in [1.165, 1.54) is 6.07 Å². The van der Waals surface area contributed by atoms with Crippen molar-refractivity contribution in [3.63, 3.8) is 0 Å². The Hall–Kier alpha value is -1.68. The quantitative estimate of drug-likeness (QED) is 0.763. The largest absolute Gasteiger partial charge is 0.488 e. The third kappa shape index (κ3) is 3.25. The van der Waals surface area contributed by atoms with E-state index in [1.807, 2.05) is 13.8 Å². The summed E-state index contributed by atoms with van der Waals surface area (Å²) >= 11 is 3.22. The Morgan fingerprint density at radius 1 is 1.20 bits per heavy atom. The van der Waals surface area contributed by atoms with E-state index in [1.54, 1.807) is 24.3 Å². The zero-order chi connectivity index (χ0) is 14.7. The molecule has 0 aliphatic rings. The summed E-state index contributed by atoms with van der Waals surface area (Å²) in [6.07, 6.45) is 0.804. The second-order valence-corrected chi connectivity index (χ2v) is 5.54. The minimum absolute atomic E-state index is 0.154. The van der Waals surface area contributed by atoms with Crippen LogP contribution in [0.25, 0.3) is 0 Å². The van der Waals surface area contributed by atoms with E-state index in [0.29, 0.717) is 21.3 Å². The van der Waals surface area contributed by atoms with Gasteiger partial charge < -0.3 is 4.74 Å². The van der Waals surface area contributed by atoms with E-state index in [-0.39, 0.29) is 12.4 Å². The highest BCUT2D eigenvalue weighted by molar-refractivity contribution is 9.10. The van der Waals surface area contributed by atoms with Gasteiger partial charge in [-0.15, -0.1) is 0 Å². The molecule has 0 N–H and O–H groups in total. The van der Waals surface area contributed by atoms with Crippen LogP contribution in [-0.4, -0.2) is 6.29 Å². The third-order valence-corrected chi connectivity index (χ3v) is 3.50. The minimum atomic E-state index is -0.306. The zero-order valence-electron chi connectivity index (χ0n) is 11.2. The molecule has 0 saturated heterocycles. The maximum Gasteiger partial charge on any atom is 0.150 e. The molecule has 20 heavy (non-hydrogen) atoms. The molecule has 2 aromatic carbocycles. The molecule has 0 aromatic heterocycles. The zero-order valence-corrected chi connectivity index (χ0v) is 12.8. The van der Waals surface area contributed by atoms with Crippen molar-refractivity contribution in [3.8, 4) is 5.75 Å². The lowest BCUT2D eigenvalue weighted by Crippen LogP contribution is -2.02. The average Bonchev–Trinajstić information content (AvgIpc) is 2.39. The molecule has 0 atom stereocenters. The van der Waals surface area contributed by atoms with Crippen molar-refractivity contribution in [1.29, 1.82) is 0 Å². The SMILES string of the molecule is Cc1cc(C=O)cc(C)c1OCc1ccc(Br)cc1F. The predicted octanol–water partition coefficient (Wildman–Crippen LogP) is 4.60. The number of carbonyl (C=O) groups excluding carboxylic acids is 1. The molecule has 0 fully saturated rings. The second kappa shape index (κ2) is 6.18. The third-order valence-electron chi connectivity index (χ3n) is 3.01. The summed E-state index contributed by atoms with van der Waals surface area (Å²) in [6.45, 7) is 3.89. The molecule has 0 radical (unpaired) electrons. The average molecular weight is 337 g/mol. The van der Waals surface area contributed by atoms with E-state index in [9.17, 15) is 9.18 Å².